The number of ether oxygens (including phenoxy) is 1. The second kappa shape index (κ2) is 5.32. The van der Waals surface area contributed by atoms with Gasteiger partial charge in [0.05, 0.1) is 6.61 Å². The molecule has 2 aliphatic rings. The molecule has 2 aliphatic heterocycles. The third-order valence-electron chi connectivity index (χ3n) is 3.04. The minimum atomic E-state index is -1.26. The molecule has 2 heterocycles. The average Bonchev–Trinajstić information content (AvgIpc) is 2.77. The predicted octanol–water partition coefficient (Wildman–Crippen LogP) is -2.18. The molecule has 0 saturated carbocycles. The summed E-state index contributed by atoms with van der Waals surface area (Å²) in [4.78, 5) is 6.08. The molecule has 0 amide bonds. The molecule has 0 radical (unpaired) electrons. The van der Waals surface area contributed by atoms with Gasteiger partial charge in [0, 0.05) is 14.1 Å². The van der Waals surface area contributed by atoms with Crippen molar-refractivity contribution in [1.29, 1.82) is 0 Å². The Labute approximate surface area is 109 Å². The summed E-state index contributed by atoms with van der Waals surface area (Å²) >= 11 is 1.33. The normalized spacial score (nSPS) is 41.2. The van der Waals surface area contributed by atoms with E-state index >= 15 is 0 Å². The Hall–Kier alpha value is -0.380. The number of aliphatic imine (C=N–C) groups is 1. The fourth-order valence-electron chi connectivity index (χ4n) is 2.01. The largest absolute Gasteiger partial charge is 0.394 e. The summed E-state index contributed by atoms with van der Waals surface area (Å²) in [6.45, 7) is -0.530. The molecule has 6 atom stereocenters. The van der Waals surface area contributed by atoms with E-state index < -0.39 is 42.5 Å². The third-order valence-corrected chi connectivity index (χ3v) is 4.34. The zero-order valence-electron chi connectivity index (χ0n) is 10.2. The molecular weight excluding hydrogens is 260 g/mol. The molecule has 1 fully saturated rings. The standard InChI is InChI=1S/C10H18N2O5S/c1-12(2)10-11-5-6(15)7(16)8(4(14)3-13)17-9(5)18-10/h4-9,13-16H,3H2,1-2H3/t4-,5+,6?,7?,8+,9+/m0/s1. The molecule has 8 heteroatoms. The summed E-state index contributed by atoms with van der Waals surface area (Å²) in [7, 11) is 3.65. The minimum absolute atomic E-state index is 0.452. The van der Waals surface area contributed by atoms with Crippen molar-refractivity contribution in [3.8, 4) is 0 Å². The van der Waals surface area contributed by atoms with Crippen molar-refractivity contribution >= 4 is 16.9 Å². The highest BCUT2D eigenvalue weighted by Gasteiger charge is 2.50. The van der Waals surface area contributed by atoms with Crippen LogP contribution in [0, 0.1) is 0 Å². The number of fused-ring (bicyclic) bond motifs is 1. The summed E-state index contributed by atoms with van der Waals surface area (Å²) in [5.41, 5.74) is -0.452. The summed E-state index contributed by atoms with van der Waals surface area (Å²) in [6.07, 6.45) is -4.60. The summed E-state index contributed by atoms with van der Waals surface area (Å²) < 4.78 is 5.53. The van der Waals surface area contributed by atoms with Gasteiger partial charge in [0.2, 0.25) is 0 Å². The van der Waals surface area contributed by atoms with E-state index in [1.165, 1.54) is 11.8 Å². The molecule has 0 aromatic carbocycles. The van der Waals surface area contributed by atoms with Crippen molar-refractivity contribution in [3.63, 3.8) is 0 Å². The molecule has 2 rings (SSSR count). The highest BCUT2D eigenvalue weighted by molar-refractivity contribution is 8.14. The van der Waals surface area contributed by atoms with Gasteiger partial charge >= 0.3 is 0 Å². The third kappa shape index (κ3) is 2.36. The summed E-state index contributed by atoms with van der Waals surface area (Å²) in [6, 6.07) is -0.551. The highest BCUT2D eigenvalue weighted by atomic mass is 32.2. The average molecular weight is 278 g/mol. The summed E-state index contributed by atoms with van der Waals surface area (Å²) in [5, 5.41) is 39.0. The van der Waals surface area contributed by atoms with Crippen LogP contribution in [0.4, 0.5) is 0 Å². The predicted molar refractivity (Wildman–Crippen MR) is 66.3 cm³/mol. The van der Waals surface area contributed by atoms with Crippen LogP contribution in [0.5, 0.6) is 0 Å². The zero-order valence-corrected chi connectivity index (χ0v) is 11.0. The van der Waals surface area contributed by atoms with Gasteiger partial charge in [0.25, 0.3) is 0 Å². The van der Waals surface area contributed by atoms with Gasteiger partial charge < -0.3 is 30.1 Å². The van der Waals surface area contributed by atoms with Crippen LogP contribution in [-0.2, 0) is 4.74 Å². The van der Waals surface area contributed by atoms with Crippen molar-refractivity contribution in [1.82, 2.24) is 4.90 Å². The second-order valence-corrected chi connectivity index (χ2v) is 5.68. The van der Waals surface area contributed by atoms with Crippen molar-refractivity contribution < 1.29 is 25.2 Å². The zero-order chi connectivity index (χ0) is 13.4. The number of thioether (sulfide) groups is 1. The van der Waals surface area contributed by atoms with Crippen LogP contribution in [-0.4, -0.2) is 87.1 Å². The minimum Gasteiger partial charge on any atom is -0.394 e. The lowest BCUT2D eigenvalue weighted by molar-refractivity contribution is -0.190. The molecule has 2 unspecified atom stereocenters. The van der Waals surface area contributed by atoms with Gasteiger partial charge in [0.1, 0.15) is 35.9 Å². The lowest BCUT2D eigenvalue weighted by Gasteiger charge is -2.39. The van der Waals surface area contributed by atoms with Crippen LogP contribution in [0.3, 0.4) is 0 Å². The van der Waals surface area contributed by atoms with Gasteiger partial charge in [-0.15, -0.1) is 0 Å². The van der Waals surface area contributed by atoms with Crippen molar-refractivity contribution in [2.75, 3.05) is 20.7 Å². The smallest absolute Gasteiger partial charge is 0.161 e. The maximum atomic E-state index is 10.0. The Morgan fingerprint density at radius 3 is 2.61 bits per heavy atom. The van der Waals surface area contributed by atoms with Gasteiger partial charge in [0.15, 0.2) is 5.17 Å². The number of nitrogens with zero attached hydrogens (tertiary/aromatic N) is 2. The Morgan fingerprint density at radius 2 is 2.06 bits per heavy atom. The fourth-order valence-corrected chi connectivity index (χ4v) is 3.16. The van der Waals surface area contributed by atoms with E-state index in [-0.39, 0.29) is 0 Å². The van der Waals surface area contributed by atoms with E-state index in [0.717, 1.165) is 0 Å². The summed E-state index contributed by atoms with van der Waals surface area (Å²) in [5.74, 6) is 0. The van der Waals surface area contributed by atoms with Crippen LogP contribution in [0.25, 0.3) is 0 Å². The molecule has 4 N–H and O–H groups in total. The number of hydrogen-bond donors (Lipinski definition) is 4. The molecule has 0 aliphatic carbocycles. The molecule has 0 aromatic rings. The molecule has 7 nitrogen and oxygen atoms in total. The van der Waals surface area contributed by atoms with Gasteiger partial charge in [-0.3, -0.25) is 4.99 Å². The first kappa shape index (κ1) is 14.0. The molecule has 0 spiro atoms. The second-order valence-electron chi connectivity index (χ2n) is 4.61. The van der Waals surface area contributed by atoms with Crippen LogP contribution in [0.1, 0.15) is 0 Å². The van der Waals surface area contributed by atoms with Gasteiger partial charge in [-0.25, -0.2) is 0 Å². The van der Waals surface area contributed by atoms with E-state index in [9.17, 15) is 15.3 Å². The van der Waals surface area contributed by atoms with Crippen LogP contribution in [0.2, 0.25) is 0 Å². The van der Waals surface area contributed by atoms with Crippen molar-refractivity contribution in [2.45, 2.75) is 35.9 Å². The molecule has 18 heavy (non-hydrogen) atoms. The molecule has 0 bridgehead atoms. The molecular formula is C10H18N2O5S. The first-order valence-corrected chi connectivity index (χ1v) is 6.56. The van der Waals surface area contributed by atoms with Crippen molar-refractivity contribution in [2.24, 2.45) is 4.99 Å². The maximum Gasteiger partial charge on any atom is 0.161 e. The van der Waals surface area contributed by atoms with Gasteiger partial charge in [-0.2, -0.15) is 0 Å². The van der Waals surface area contributed by atoms with E-state index in [1.54, 1.807) is 4.90 Å². The fraction of sp³-hybridized carbons (Fsp3) is 0.900. The monoisotopic (exact) mass is 278 g/mol. The Morgan fingerprint density at radius 1 is 1.39 bits per heavy atom. The van der Waals surface area contributed by atoms with E-state index in [4.69, 9.17) is 9.84 Å². The first-order valence-electron chi connectivity index (χ1n) is 5.68. The van der Waals surface area contributed by atoms with E-state index in [0.29, 0.717) is 5.17 Å². The topological polar surface area (TPSA) is 106 Å². The van der Waals surface area contributed by atoms with E-state index in [2.05, 4.69) is 4.99 Å². The maximum absolute atomic E-state index is 10.0. The Kier molecular flexibility index (Phi) is 4.15. The quantitative estimate of drug-likeness (QED) is 0.455. The first-order chi connectivity index (χ1) is 8.45. The number of hydrogen-bond acceptors (Lipinski definition) is 8. The van der Waals surface area contributed by atoms with Gasteiger partial charge in [-0.05, 0) is 0 Å². The van der Waals surface area contributed by atoms with Gasteiger partial charge in [-0.1, -0.05) is 11.8 Å². The van der Waals surface area contributed by atoms with Crippen LogP contribution in [0.15, 0.2) is 4.99 Å². The number of aliphatic hydroxyl groups excluding tert-OH is 4. The Balaban J connectivity index is 2.14. The number of rotatable bonds is 2. The Bertz CT molecular complexity index is 340. The lowest BCUT2D eigenvalue weighted by atomic mass is 9.95. The van der Waals surface area contributed by atoms with E-state index in [1.807, 2.05) is 14.1 Å². The highest BCUT2D eigenvalue weighted by Crippen LogP contribution is 2.37. The number of aliphatic hydroxyl groups is 4. The van der Waals surface area contributed by atoms with Crippen molar-refractivity contribution in [3.05, 3.63) is 0 Å². The van der Waals surface area contributed by atoms with Crippen LogP contribution < -0.4 is 0 Å². The molecule has 104 valence electrons. The van der Waals surface area contributed by atoms with Crippen LogP contribution >= 0.6 is 11.8 Å². The molecule has 0 aromatic heterocycles. The molecule has 1 saturated heterocycles. The number of amidine groups is 1. The SMILES string of the molecule is CN(C)C1=N[C@@H]2C(O)C(O)[C@@H]([C@@H](O)CO)O[C@@H]2S1. The lowest BCUT2D eigenvalue weighted by Crippen LogP contribution is -2.58.